The smallest absolute Gasteiger partial charge is 0.303 e. The molecular formula is C15H23NO3. The molecule has 1 atom stereocenters. The summed E-state index contributed by atoms with van der Waals surface area (Å²) in [6.07, 6.45) is 0.192. The van der Waals surface area contributed by atoms with Crippen LogP contribution in [-0.2, 0) is 11.3 Å². The van der Waals surface area contributed by atoms with Gasteiger partial charge in [-0.3, -0.25) is 4.79 Å². The molecule has 1 rings (SSSR count). The van der Waals surface area contributed by atoms with Crippen LogP contribution < -0.4 is 10.1 Å². The van der Waals surface area contributed by atoms with Crippen molar-refractivity contribution in [2.24, 2.45) is 5.92 Å². The Bertz CT molecular complexity index is 443. The van der Waals surface area contributed by atoms with Crippen molar-refractivity contribution in [2.75, 3.05) is 13.7 Å². The summed E-state index contributed by atoms with van der Waals surface area (Å²) in [5.74, 6) is 0.245. The number of aliphatic carboxylic acids is 1. The number of nitrogens with one attached hydrogen (secondary N) is 1. The van der Waals surface area contributed by atoms with Gasteiger partial charge in [0.2, 0.25) is 0 Å². The van der Waals surface area contributed by atoms with Gasteiger partial charge in [0.25, 0.3) is 0 Å². The Hall–Kier alpha value is -1.55. The lowest BCUT2D eigenvalue weighted by Gasteiger charge is -2.14. The van der Waals surface area contributed by atoms with Gasteiger partial charge < -0.3 is 15.2 Å². The first-order valence-electron chi connectivity index (χ1n) is 6.50. The molecule has 1 aromatic rings. The quantitative estimate of drug-likeness (QED) is 0.795. The topological polar surface area (TPSA) is 58.6 Å². The molecule has 0 heterocycles. The molecule has 2 N–H and O–H groups in total. The van der Waals surface area contributed by atoms with Gasteiger partial charge in [0.05, 0.1) is 7.11 Å². The number of ether oxygens (including phenoxy) is 1. The van der Waals surface area contributed by atoms with Crippen LogP contribution in [0.3, 0.4) is 0 Å². The minimum Gasteiger partial charge on any atom is -0.496 e. The van der Waals surface area contributed by atoms with Gasteiger partial charge >= 0.3 is 5.97 Å². The fourth-order valence-corrected chi connectivity index (χ4v) is 2.00. The molecule has 4 nitrogen and oxygen atoms in total. The number of hydrogen-bond donors (Lipinski definition) is 2. The van der Waals surface area contributed by atoms with E-state index in [2.05, 4.69) is 25.2 Å². The maximum atomic E-state index is 10.6. The first-order valence-corrected chi connectivity index (χ1v) is 6.50. The van der Waals surface area contributed by atoms with Crippen molar-refractivity contribution < 1.29 is 14.6 Å². The number of aryl methyl sites for hydroxylation is 2. The molecule has 0 amide bonds. The molecule has 0 aliphatic heterocycles. The van der Waals surface area contributed by atoms with E-state index in [0.717, 1.165) is 11.3 Å². The average Bonchev–Trinajstić information content (AvgIpc) is 2.32. The van der Waals surface area contributed by atoms with Crippen molar-refractivity contribution in [3.05, 3.63) is 28.8 Å². The van der Waals surface area contributed by atoms with E-state index in [1.165, 1.54) is 11.1 Å². The van der Waals surface area contributed by atoms with Gasteiger partial charge in [-0.2, -0.15) is 0 Å². The second-order valence-corrected chi connectivity index (χ2v) is 5.08. The van der Waals surface area contributed by atoms with Crippen LogP contribution in [0.15, 0.2) is 12.1 Å². The second-order valence-electron chi connectivity index (χ2n) is 5.08. The molecule has 1 aromatic carbocycles. The summed E-state index contributed by atoms with van der Waals surface area (Å²) in [5, 5.41) is 12.0. The zero-order valence-corrected chi connectivity index (χ0v) is 12.1. The Balaban J connectivity index is 2.57. The minimum atomic E-state index is -0.752. The van der Waals surface area contributed by atoms with Crippen LogP contribution in [0.1, 0.15) is 30.0 Å². The first-order chi connectivity index (χ1) is 8.93. The van der Waals surface area contributed by atoms with Crippen molar-refractivity contribution in [1.29, 1.82) is 0 Å². The highest BCUT2D eigenvalue weighted by molar-refractivity contribution is 5.66. The lowest BCUT2D eigenvalue weighted by atomic mass is 10.0. The van der Waals surface area contributed by atoms with Gasteiger partial charge in [0.1, 0.15) is 5.75 Å². The third-order valence-electron chi connectivity index (χ3n) is 3.23. The molecule has 106 valence electrons. The van der Waals surface area contributed by atoms with Crippen molar-refractivity contribution in [1.82, 2.24) is 5.32 Å². The van der Waals surface area contributed by atoms with Crippen LogP contribution in [0.2, 0.25) is 0 Å². The van der Waals surface area contributed by atoms with Crippen molar-refractivity contribution >= 4 is 5.97 Å². The highest BCUT2D eigenvalue weighted by Crippen LogP contribution is 2.22. The molecule has 0 saturated carbocycles. The van der Waals surface area contributed by atoms with Crippen LogP contribution in [0.4, 0.5) is 0 Å². The summed E-state index contributed by atoms with van der Waals surface area (Å²) in [6.45, 7) is 7.44. The van der Waals surface area contributed by atoms with Crippen molar-refractivity contribution in [2.45, 2.75) is 33.7 Å². The highest BCUT2D eigenvalue weighted by atomic mass is 16.5. The molecule has 19 heavy (non-hydrogen) atoms. The van der Waals surface area contributed by atoms with E-state index in [9.17, 15) is 4.79 Å². The molecule has 0 radical (unpaired) electrons. The predicted molar refractivity (Wildman–Crippen MR) is 75.6 cm³/mol. The number of hydrogen-bond acceptors (Lipinski definition) is 3. The number of carboxylic acids is 1. The third-order valence-corrected chi connectivity index (χ3v) is 3.23. The Morgan fingerprint density at radius 2 is 2.00 bits per heavy atom. The zero-order chi connectivity index (χ0) is 14.4. The van der Waals surface area contributed by atoms with Gasteiger partial charge in [0, 0.05) is 18.5 Å². The fraction of sp³-hybridized carbons (Fsp3) is 0.533. The van der Waals surface area contributed by atoms with Gasteiger partial charge in [-0.05, 0) is 43.5 Å². The second kappa shape index (κ2) is 7.14. The highest BCUT2D eigenvalue weighted by Gasteiger charge is 2.09. The van der Waals surface area contributed by atoms with Gasteiger partial charge in [-0.15, -0.1) is 0 Å². The molecule has 0 aliphatic rings. The van der Waals surface area contributed by atoms with Crippen LogP contribution in [-0.4, -0.2) is 24.7 Å². The molecule has 4 heteroatoms. The largest absolute Gasteiger partial charge is 0.496 e. The standard InChI is InChI=1S/C15H23NO3/c1-10(5-15(17)18)8-16-9-13-6-11(2)12(3)7-14(13)19-4/h6-7,10,16H,5,8-9H2,1-4H3,(H,17,18). The number of methoxy groups -OCH3 is 1. The summed E-state index contributed by atoms with van der Waals surface area (Å²) in [6, 6.07) is 4.15. The van der Waals surface area contributed by atoms with E-state index in [4.69, 9.17) is 9.84 Å². The Labute approximate surface area is 114 Å². The predicted octanol–water partition coefficient (Wildman–Crippen LogP) is 2.51. The van der Waals surface area contributed by atoms with E-state index in [0.29, 0.717) is 13.1 Å². The van der Waals surface area contributed by atoms with Gasteiger partial charge in [-0.1, -0.05) is 13.0 Å². The van der Waals surface area contributed by atoms with Gasteiger partial charge in [0.15, 0.2) is 0 Å². The lowest BCUT2D eigenvalue weighted by molar-refractivity contribution is -0.137. The molecule has 0 spiro atoms. The molecule has 0 aromatic heterocycles. The van der Waals surface area contributed by atoms with Crippen molar-refractivity contribution in [3.8, 4) is 5.75 Å². The Morgan fingerprint density at radius 3 is 2.58 bits per heavy atom. The first kappa shape index (κ1) is 15.5. The normalized spacial score (nSPS) is 12.2. The van der Waals surface area contributed by atoms with Crippen molar-refractivity contribution in [3.63, 3.8) is 0 Å². The molecule has 0 aliphatic carbocycles. The number of rotatable bonds is 7. The number of carbonyl (C=O) groups is 1. The SMILES string of the molecule is COc1cc(C)c(C)cc1CNCC(C)CC(=O)O. The summed E-state index contributed by atoms with van der Waals surface area (Å²) < 4.78 is 5.37. The van der Waals surface area contributed by atoms with Gasteiger partial charge in [-0.25, -0.2) is 0 Å². The molecule has 0 bridgehead atoms. The van der Waals surface area contributed by atoms with Crippen LogP contribution in [0, 0.1) is 19.8 Å². The number of carboxylic acid groups (broad SMARTS) is 1. The number of benzene rings is 1. The average molecular weight is 265 g/mol. The maximum absolute atomic E-state index is 10.6. The summed E-state index contributed by atoms with van der Waals surface area (Å²) >= 11 is 0. The molecular weight excluding hydrogens is 242 g/mol. The van der Waals surface area contributed by atoms with Crippen LogP contribution >= 0.6 is 0 Å². The van der Waals surface area contributed by atoms with E-state index >= 15 is 0 Å². The van der Waals surface area contributed by atoms with E-state index in [1.807, 2.05) is 13.0 Å². The van der Waals surface area contributed by atoms with E-state index in [-0.39, 0.29) is 12.3 Å². The van der Waals surface area contributed by atoms with Crippen LogP contribution in [0.25, 0.3) is 0 Å². The van der Waals surface area contributed by atoms with Crippen LogP contribution in [0.5, 0.6) is 5.75 Å². The molecule has 1 unspecified atom stereocenters. The molecule has 0 fully saturated rings. The third kappa shape index (κ3) is 4.91. The maximum Gasteiger partial charge on any atom is 0.303 e. The summed E-state index contributed by atoms with van der Waals surface area (Å²) in [7, 11) is 1.67. The lowest BCUT2D eigenvalue weighted by Crippen LogP contribution is -2.22. The Kier molecular flexibility index (Phi) is 5.83. The monoisotopic (exact) mass is 265 g/mol. The minimum absolute atomic E-state index is 0.120. The van der Waals surface area contributed by atoms with E-state index < -0.39 is 5.97 Å². The summed E-state index contributed by atoms with van der Waals surface area (Å²) in [4.78, 5) is 10.6. The molecule has 0 saturated heterocycles. The fourth-order valence-electron chi connectivity index (χ4n) is 2.00. The Morgan fingerprint density at radius 1 is 1.37 bits per heavy atom. The van der Waals surface area contributed by atoms with E-state index in [1.54, 1.807) is 7.11 Å². The summed E-state index contributed by atoms with van der Waals surface area (Å²) in [5.41, 5.74) is 3.55. The zero-order valence-electron chi connectivity index (χ0n) is 12.1.